The van der Waals surface area contributed by atoms with Crippen molar-refractivity contribution in [3.05, 3.63) is 60.2 Å². The third-order valence-electron chi connectivity index (χ3n) is 3.95. The summed E-state index contributed by atoms with van der Waals surface area (Å²) in [4.78, 5) is 29.2. The maximum atomic E-state index is 12.1. The van der Waals surface area contributed by atoms with Crippen LogP contribution in [0.2, 0.25) is 0 Å². The van der Waals surface area contributed by atoms with Crippen LogP contribution in [0.5, 0.6) is 0 Å². The fraction of sp³-hybridized carbons (Fsp3) is 0.222. The Bertz CT molecular complexity index is 1010. The van der Waals surface area contributed by atoms with Gasteiger partial charge in [0.1, 0.15) is 5.69 Å². The van der Waals surface area contributed by atoms with Crippen LogP contribution in [0.25, 0.3) is 5.69 Å². The number of carboxylic acids is 1. The second-order valence-electron chi connectivity index (χ2n) is 5.98. The van der Waals surface area contributed by atoms with Crippen LogP contribution in [0.1, 0.15) is 21.9 Å². The maximum absolute atomic E-state index is 12.1. The van der Waals surface area contributed by atoms with E-state index in [1.165, 1.54) is 0 Å². The molecule has 2 N–H and O–H groups in total. The first-order valence-corrected chi connectivity index (χ1v) is 8.19. The number of nitrogens with zero attached hydrogens (tertiary/aromatic N) is 4. The number of hydrogen-bond acceptors (Lipinski definition) is 4. The molecule has 3 rings (SSSR count). The zero-order chi connectivity index (χ0) is 21.8. The lowest BCUT2D eigenvalue weighted by Gasteiger charge is -2.08. The molecule has 1 aromatic carbocycles. The van der Waals surface area contributed by atoms with E-state index in [-0.39, 0.29) is 5.91 Å². The molecule has 0 unspecified atom stereocenters. The molecule has 2 heterocycles. The lowest BCUT2D eigenvalue weighted by atomic mass is 10.2. The lowest BCUT2D eigenvalue weighted by molar-refractivity contribution is -0.192. The van der Waals surface area contributed by atoms with Crippen molar-refractivity contribution in [1.82, 2.24) is 19.1 Å². The Kier molecular flexibility index (Phi) is 6.42. The second-order valence-corrected chi connectivity index (χ2v) is 5.98. The molecule has 2 aromatic heterocycles. The summed E-state index contributed by atoms with van der Waals surface area (Å²) in [6, 6.07) is 7.65. The summed E-state index contributed by atoms with van der Waals surface area (Å²) in [5, 5.41) is 9.98. The molecule has 0 spiro atoms. The quantitative estimate of drug-likeness (QED) is 0.692. The third kappa shape index (κ3) is 5.43. The highest BCUT2D eigenvalue weighted by molar-refractivity contribution is 6.02. The van der Waals surface area contributed by atoms with Crippen LogP contribution in [0.4, 0.5) is 18.9 Å². The third-order valence-corrected chi connectivity index (χ3v) is 3.95. The van der Waals surface area contributed by atoms with Gasteiger partial charge in [0.05, 0.1) is 24.5 Å². The Morgan fingerprint density at radius 1 is 1.10 bits per heavy atom. The van der Waals surface area contributed by atoms with Gasteiger partial charge < -0.3 is 19.6 Å². The fourth-order valence-electron chi connectivity index (χ4n) is 2.24. The van der Waals surface area contributed by atoms with Crippen molar-refractivity contribution in [3.8, 4) is 5.69 Å². The molecule has 3 aromatic rings. The van der Waals surface area contributed by atoms with Gasteiger partial charge in [-0.25, -0.2) is 14.8 Å². The van der Waals surface area contributed by atoms with Gasteiger partial charge in [-0.3, -0.25) is 4.79 Å². The van der Waals surface area contributed by atoms with Gasteiger partial charge in [0, 0.05) is 24.1 Å². The van der Waals surface area contributed by atoms with Gasteiger partial charge in [-0.15, -0.1) is 0 Å². The first-order valence-electron chi connectivity index (χ1n) is 8.19. The zero-order valence-electron chi connectivity index (χ0n) is 15.7. The second kappa shape index (κ2) is 8.59. The van der Waals surface area contributed by atoms with Crippen molar-refractivity contribution >= 4 is 17.6 Å². The summed E-state index contributed by atoms with van der Waals surface area (Å²) >= 11 is 0. The van der Waals surface area contributed by atoms with Gasteiger partial charge in [-0.2, -0.15) is 13.2 Å². The van der Waals surface area contributed by atoms with E-state index in [2.05, 4.69) is 15.3 Å². The van der Waals surface area contributed by atoms with E-state index in [0.29, 0.717) is 5.69 Å². The molecule has 0 aliphatic rings. The van der Waals surface area contributed by atoms with Crippen molar-refractivity contribution in [1.29, 1.82) is 0 Å². The SMILES string of the molecule is Cc1ncn(-c2ccc(NC(=O)c3cncn3C)cc2)c1C.O=C(O)C(F)(F)F. The molecule has 0 aliphatic carbocycles. The van der Waals surface area contributed by atoms with Crippen LogP contribution in [-0.2, 0) is 11.8 Å². The standard InChI is InChI=1S/C16H17N5O.C2HF3O2/c1-11-12(2)21(10-18-11)14-6-4-13(5-7-14)19-16(22)15-8-17-9-20(15)3;3-2(4,5)1(6)7/h4-10H,1-3H3,(H,19,22);(H,6,7). The number of aromatic nitrogens is 4. The van der Waals surface area contributed by atoms with Crippen LogP contribution in [0.3, 0.4) is 0 Å². The van der Waals surface area contributed by atoms with Gasteiger partial charge in [-0.05, 0) is 38.1 Å². The predicted octanol–water partition coefficient (Wildman–Crippen LogP) is 3.11. The number of alkyl halides is 3. The molecule has 0 saturated heterocycles. The van der Waals surface area contributed by atoms with Crippen molar-refractivity contribution in [2.45, 2.75) is 20.0 Å². The Morgan fingerprint density at radius 2 is 1.69 bits per heavy atom. The number of carbonyl (C=O) groups is 2. The molecule has 1 amide bonds. The number of nitrogens with one attached hydrogen (secondary N) is 1. The van der Waals surface area contributed by atoms with E-state index >= 15 is 0 Å². The van der Waals surface area contributed by atoms with Gasteiger partial charge in [-0.1, -0.05) is 0 Å². The number of anilines is 1. The van der Waals surface area contributed by atoms with E-state index < -0.39 is 12.1 Å². The number of benzene rings is 1. The normalized spacial score (nSPS) is 10.8. The highest BCUT2D eigenvalue weighted by Crippen LogP contribution is 2.17. The van der Waals surface area contributed by atoms with Crippen LogP contribution in [0.15, 0.2) is 43.1 Å². The van der Waals surface area contributed by atoms with Crippen LogP contribution in [0, 0.1) is 13.8 Å². The van der Waals surface area contributed by atoms with E-state index in [9.17, 15) is 18.0 Å². The predicted molar refractivity (Wildman–Crippen MR) is 97.9 cm³/mol. The lowest BCUT2D eigenvalue weighted by Crippen LogP contribution is -2.21. The molecule has 0 radical (unpaired) electrons. The van der Waals surface area contributed by atoms with E-state index in [4.69, 9.17) is 9.90 Å². The minimum absolute atomic E-state index is 0.178. The molecule has 8 nitrogen and oxygen atoms in total. The van der Waals surface area contributed by atoms with Crippen molar-refractivity contribution in [2.75, 3.05) is 5.32 Å². The monoisotopic (exact) mass is 409 g/mol. The average Bonchev–Trinajstić information content (AvgIpc) is 3.22. The first kappa shape index (κ1) is 21.7. The van der Waals surface area contributed by atoms with Crippen molar-refractivity contribution in [2.24, 2.45) is 7.05 Å². The molecule has 0 aliphatic heterocycles. The highest BCUT2D eigenvalue weighted by Gasteiger charge is 2.38. The van der Waals surface area contributed by atoms with Crippen molar-refractivity contribution in [3.63, 3.8) is 0 Å². The Hall–Kier alpha value is -3.63. The molecule has 0 atom stereocenters. The Morgan fingerprint density at radius 3 is 2.10 bits per heavy atom. The fourth-order valence-corrected chi connectivity index (χ4v) is 2.24. The molecule has 11 heteroatoms. The number of hydrogen-bond donors (Lipinski definition) is 2. The van der Waals surface area contributed by atoms with Gasteiger partial charge in [0.25, 0.3) is 5.91 Å². The van der Waals surface area contributed by atoms with Crippen LogP contribution in [-0.4, -0.2) is 42.3 Å². The summed E-state index contributed by atoms with van der Waals surface area (Å²) in [6.07, 6.45) is -0.141. The topological polar surface area (TPSA) is 102 Å². The first-order chi connectivity index (χ1) is 13.5. The highest BCUT2D eigenvalue weighted by atomic mass is 19.4. The molecule has 0 fully saturated rings. The summed E-state index contributed by atoms with van der Waals surface area (Å²) < 4.78 is 35.4. The van der Waals surface area contributed by atoms with Crippen LogP contribution >= 0.6 is 0 Å². The number of amides is 1. The Labute approximate surface area is 163 Å². The van der Waals surface area contributed by atoms with E-state index in [1.807, 2.05) is 42.7 Å². The zero-order valence-corrected chi connectivity index (χ0v) is 15.7. The summed E-state index contributed by atoms with van der Waals surface area (Å²) in [7, 11) is 1.79. The summed E-state index contributed by atoms with van der Waals surface area (Å²) in [5.74, 6) is -2.94. The van der Waals surface area contributed by atoms with Gasteiger partial charge in [0.15, 0.2) is 0 Å². The molecular weight excluding hydrogens is 391 g/mol. The molecule has 0 bridgehead atoms. The number of aliphatic carboxylic acids is 1. The van der Waals surface area contributed by atoms with Crippen LogP contribution < -0.4 is 5.32 Å². The van der Waals surface area contributed by atoms with Crippen molar-refractivity contribution < 1.29 is 27.9 Å². The number of halogens is 3. The smallest absolute Gasteiger partial charge is 0.475 e. The molecular formula is C18H18F3N5O3. The molecule has 29 heavy (non-hydrogen) atoms. The largest absolute Gasteiger partial charge is 0.490 e. The number of imidazole rings is 2. The maximum Gasteiger partial charge on any atom is 0.490 e. The van der Waals surface area contributed by atoms with Gasteiger partial charge in [0.2, 0.25) is 0 Å². The number of carboxylic acid groups (broad SMARTS) is 1. The summed E-state index contributed by atoms with van der Waals surface area (Å²) in [6.45, 7) is 4.01. The number of aryl methyl sites for hydroxylation is 2. The summed E-state index contributed by atoms with van der Waals surface area (Å²) in [5.41, 5.74) is 4.38. The van der Waals surface area contributed by atoms with Gasteiger partial charge >= 0.3 is 12.1 Å². The number of rotatable bonds is 3. The minimum Gasteiger partial charge on any atom is -0.475 e. The Balaban J connectivity index is 0.000000370. The van der Waals surface area contributed by atoms with E-state index in [0.717, 1.165) is 22.8 Å². The molecule has 154 valence electrons. The van der Waals surface area contributed by atoms with E-state index in [1.54, 1.807) is 30.5 Å². The minimum atomic E-state index is -5.08. The average molecular weight is 409 g/mol. The molecule has 0 saturated carbocycles. The number of carbonyl (C=O) groups excluding carboxylic acids is 1.